The molecule has 38 heavy (non-hydrogen) atoms. The van der Waals surface area contributed by atoms with Gasteiger partial charge >= 0.3 is 0 Å². The number of halogens is 2. The van der Waals surface area contributed by atoms with Crippen molar-refractivity contribution < 1.29 is 28.9 Å². The maximum Gasteiger partial charge on any atom is 0.254 e. The van der Waals surface area contributed by atoms with Gasteiger partial charge in [0.05, 0.1) is 12.3 Å². The zero-order chi connectivity index (χ0) is 27.2. The lowest BCUT2D eigenvalue weighted by atomic mass is 9.90. The molecule has 2 saturated heterocycles. The van der Waals surface area contributed by atoms with Crippen molar-refractivity contribution in [1.82, 2.24) is 10.2 Å². The minimum atomic E-state index is -1.85. The minimum Gasteiger partial charge on any atom is -0.492 e. The Bertz CT molecular complexity index is 1060. The standard InChI is InChI=1S/C28H37ClFN3O5/c1-2-38-24-16-21(30)8-9-23(24)32-13-10-18(11-14-32)17-31-27(36)25(34)26(35)28(37)33-12-4-7-22(33)19-5-3-6-20(29)15-19/h3,5-6,8-9,16,18-19,22,25-26,34-35H,2,4,7,10-15,17H2,1H3,(H,31,36)/t19?,22-,25-,26-/m1/s1. The van der Waals surface area contributed by atoms with Gasteiger partial charge in [-0.1, -0.05) is 23.8 Å². The monoisotopic (exact) mass is 549 g/mol. The van der Waals surface area contributed by atoms with Crippen LogP contribution in [0.5, 0.6) is 5.75 Å². The molecule has 2 fully saturated rings. The van der Waals surface area contributed by atoms with E-state index in [9.17, 15) is 24.2 Å². The van der Waals surface area contributed by atoms with E-state index in [-0.39, 0.29) is 23.7 Å². The van der Waals surface area contributed by atoms with Crippen LogP contribution in [0.3, 0.4) is 0 Å². The van der Waals surface area contributed by atoms with Crippen LogP contribution in [0.25, 0.3) is 0 Å². The first-order chi connectivity index (χ1) is 18.3. The predicted octanol–water partition coefficient (Wildman–Crippen LogP) is 2.97. The van der Waals surface area contributed by atoms with E-state index in [0.29, 0.717) is 45.0 Å². The van der Waals surface area contributed by atoms with Gasteiger partial charge in [-0.2, -0.15) is 0 Å². The molecule has 208 valence electrons. The van der Waals surface area contributed by atoms with E-state index >= 15 is 0 Å². The number of amides is 2. The summed E-state index contributed by atoms with van der Waals surface area (Å²) in [6.07, 6.45) is 5.79. The van der Waals surface area contributed by atoms with Crippen molar-refractivity contribution in [3.8, 4) is 5.75 Å². The van der Waals surface area contributed by atoms with Crippen molar-refractivity contribution in [2.24, 2.45) is 11.8 Å². The maximum absolute atomic E-state index is 13.6. The van der Waals surface area contributed by atoms with Gasteiger partial charge in [0.15, 0.2) is 12.2 Å². The Labute approximate surface area is 228 Å². The quantitative estimate of drug-likeness (QED) is 0.438. The van der Waals surface area contributed by atoms with Crippen LogP contribution in [-0.4, -0.2) is 78.0 Å². The number of benzene rings is 1. The summed E-state index contributed by atoms with van der Waals surface area (Å²) in [6, 6.07) is 4.40. The lowest BCUT2D eigenvalue weighted by Gasteiger charge is -2.35. The molecule has 1 aromatic carbocycles. The third-order valence-corrected chi connectivity index (χ3v) is 7.99. The van der Waals surface area contributed by atoms with Gasteiger partial charge in [0.1, 0.15) is 11.6 Å². The first-order valence-corrected chi connectivity index (χ1v) is 13.8. The molecule has 0 saturated carbocycles. The molecule has 1 aromatic rings. The van der Waals surface area contributed by atoms with E-state index in [1.165, 1.54) is 12.1 Å². The summed E-state index contributed by atoms with van der Waals surface area (Å²) in [5, 5.41) is 24.5. The molecule has 4 atom stereocenters. The second-order valence-electron chi connectivity index (χ2n) is 10.2. The van der Waals surface area contributed by atoms with Crippen molar-refractivity contribution in [2.75, 3.05) is 37.7 Å². The minimum absolute atomic E-state index is 0.0440. The lowest BCUT2D eigenvalue weighted by molar-refractivity contribution is -0.154. The van der Waals surface area contributed by atoms with Crippen LogP contribution in [-0.2, 0) is 9.59 Å². The van der Waals surface area contributed by atoms with Crippen molar-refractivity contribution >= 4 is 29.1 Å². The number of nitrogens with zero attached hydrogens (tertiary/aromatic N) is 2. The Morgan fingerprint density at radius 2 is 1.95 bits per heavy atom. The molecule has 4 rings (SSSR count). The molecular formula is C28H37ClFN3O5. The predicted molar refractivity (Wildman–Crippen MR) is 143 cm³/mol. The molecule has 10 heteroatoms. The summed E-state index contributed by atoms with van der Waals surface area (Å²) in [6.45, 7) is 4.52. The fourth-order valence-electron chi connectivity index (χ4n) is 5.64. The molecule has 0 radical (unpaired) electrons. The molecule has 2 amide bonds. The van der Waals surface area contributed by atoms with Gasteiger partial charge in [-0.25, -0.2) is 4.39 Å². The van der Waals surface area contributed by atoms with Gasteiger partial charge in [-0.05, 0) is 63.2 Å². The molecule has 2 heterocycles. The number of piperidine rings is 1. The fraction of sp³-hybridized carbons (Fsp3) is 0.571. The van der Waals surface area contributed by atoms with E-state index in [0.717, 1.165) is 36.4 Å². The van der Waals surface area contributed by atoms with Crippen molar-refractivity contribution in [2.45, 2.75) is 57.3 Å². The smallest absolute Gasteiger partial charge is 0.254 e. The number of rotatable bonds is 9. The SMILES string of the molecule is CCOc1cc(F)ccc1N1CCC(CNC(=O)[C@H](O)[C@@H](O)C(=O)N2CCC[C@@H]2C2C=CC=C(Cl)C2)CC1. The first kappa shape index (κ1) is 28.4. The normalized spacial score (nSPS) is 23.7. The van der Waals surface area contributed by atoms with Crippen LogP contribution in [0.15, 0.2) is 41.5 Å². The van der Waals surface area contributed by atoms with E-state index in [2.05, 4.69) is 10.2 Å². The molecule has 3 aliphatic rings. The van der Waals surface area contributed by atoms with Gasteiger partial charge in [0, 0.05) is 49.2 Å². The highest BCUT2D eigenvalue weighted by Crippen LogP contribution is 2.34. The molecule has 1 aliphatic carbocycles. The van der Waals surface area contributed by atoms with Crippen molar-refractivity contribution in [3.05, 3.63) is 47.3 Å². The third kappa shape index (κ3) is 6.68. The number of likely N-dealkylation sites (tertiary alicyclic amines) is 1. The summed E-state index contributed by atoms with van der Waals surface area (Å²) >= 11 is 6.18. The largest absolute Gasteiger partial charge is 0.492 e. The Morgan fingerprint density at radius 1 is 1.18 bits per heavy atom. The number of carbonyl (C=O) groups excluding carboxylic acids is 2. The van der Waals surface area contributed by atoms with E-state index < -0.39 is 24.0 Å². The molecule has 8 nitrogen and oxygen atoms in total. The molecule has 2 aliphatic heterocycles. The Kier molecular flexibility index (Phi) is 9.68. The number of hydrogen-bond donors (Lipinski definition) is 3. The van der Waals surface area contributed by atoms with E-state index in [1.54, 1.807) is 11.0 Å². The number of carbonyl (C=O) groups is 2. The average Bonchev–Trinajstić information content (AvgIpc) is 3.41. The zero-order valence-corrected chi connectivity index (χ0v) is 22.4. The lowest BCUT2D eigenvalue weighted by Crippen LogP contribution is -2.53. The van der Waals surface area contributed by atoms with Crippen LogP contribution in [0.1, 0.15) is 39.0 Å². The summed E-state index contributed by atoms with van der Waals surface area (Å²) in [4.78, 5) is 29.4. The third-order valence-electron chi connectivity index (χ3n) is 7.71. The highest BCUT2D eigenvalue weighted by molar-refractivity contribution is 6.29. The second kappa shape index (κ2) is 13.0. The van der Waals surface area contributed by atoms with E-state index in [1.807, 2.05) is 25.2 Å². The van der Waals surface area contributed by atoms with Gasteiger partial charge in [-0.15, -0.1) is 0 Å². The second-order valence-corrected chi connectivity index (χ2v) is 10.7. The summed E-state index contributed by atoms with van der Waals surface area (Å²) in [5.41, 5.74) is 0.843. The van der Waals surface area contributed by atoms with Gasteiger partial charge in [0.25, 0.3) is 11.8 Å². The maximum atomic E-state index is 13.6. The van der Waals surface area contributed by atoms with Crippen molar-refractivity contribution in [3.63, 3.8) is 0 Å². The fourth-order valence-corrected chi connectivity index (χ4v) is 5.89. The van der Waals surface area contributed by atoms with Gasteiger partial charge in [0.2, 0.25) is 0 Å². The topological polar surface area (TPSA) is 102 Å². The molecule has 0 aromatic heterocycles. The Hall–Kier alpha value is -2.62. The van der Waals surface area contributed by atoms with Crippen molar-refractivity contribution in [1.29, 1.82) is 0 Å². The van der Waals surface area contributed by atoms with Gasteiger partial charge in [-0.3, -0.25) is 9.59 Å². The van der Waals surface area contributed by atoms with Crippen LogP contribution in [0.2, 0.25) is 0 Å². The van der Waals surface area contributed by atoms with Crippen LogP contribution in [0, 0.1) is 17.7 Å². The number of aliphatic hydroxyl groups is 2. The summed E-state index contributed by atoms with van der Waals surface area (Å²) < 4.78 is 19.2. The summed E-state index contributed by atoms with van der Waals surface area (Å²) in [5.74, 6) is -1.01. The molecule has 3 N–H and O–H groups in total. The van der Waals surface area contributed by atoms with Crippen LogP contribution < -0.4 is 15.0 Å². The number of ether oxygens (including phenoxy) is 1. The van der Waals surface area contributed by atoms with Crippen LogP contribution in [0.4, 0.5) is 10.1 Å². The number of allylic oxidation sites excluding steroid dienone is 3. The molecule has 1 unspecified atom stereocenters. The highest BCUT2D eigenvalue weighted by atomic mass is 35.5. The number of hydrogen-bond acceptors (Lipinski definition) is 6. The average molecular weight is 550 g/mol. The molecule has 0 bridgehead atoms. The first-order valence-electron chi connectivity index (χ1n) is 13.4. The Balaban J connectivity index is 1.25. The summed E-state index contributed by atoms with van der Waals surface area (Å²) in [7, 11) is 0. The molecular weight excluding hydrogens is 513 g/mol. The number of anilines is 1. The van der Waals surface area contributed by atoms with Crippen LogP contribution >= 0.6 is 11.6 Å². The Morgan fingerprint density at radius 3 is 2.66 bits per heavy atom. The zero-order valence-electron chi connectivity index (χ0n) is 21.7. The number of aliphatic hydroxyl groups excluding tert-OH is 2. The van der Waals surface area contributed by atoms with E-state index in [4.69, 9.17) is 16.3 Å². The van der Waals surface area contributed by atoms with Gasteiger partial charge < -0.3 is 30.1 Å². The number of nitrogens with one attached hydrogen (secondary N) is 1. The highest BCUT2D eigenvalue weighted by Gasteiger charge is 2.40. The molecule has 0 spiro atoms.